The van der Waals surface area contributed by atoms with Gasteiger partial charge in [-0.25, -0.2) is 4.99 Å². The number of aliphatic imine (C=N–C) groups is 1. The smallest absolute Gasteiger partial charge is 0.282 e. The van der Waals surface area contributed by atoms with Crippen LogP contribution in [0.4, 0.5) is 5.69 Å². The Balaban J connectivity index is 1.78. The van der Waals surface area contributed by atoms with Crippen molar-refractivity contribution < 1.29 is 9.53 Å². The molecular formula is C24H18Br2N2O2. The molecule has 0 N–H and O–H groups in total. The number of benzene rings is 3. The number of hydrogen-bond acceptors (Lipinski definition) is 3. The third-order valence-electron chi connectivity index (χ3n) is 4.52. The number of rotatable bonds is 5. The number of carbonyl (C=O) groups is 1. The average Bonchev–Trinajstić information content (AvgIpc) is 3.05. The van der Waals surface area contributed by atoms with Crippen molar-refractivity contribution in [3.63, 3.8) is 0 Å². The molecule has 3 aromatic carbocycles. The summed E-state index contributed by atoms with van der Waals surface area (Å²) in [6.45, 7) is 2.53. The van der Waals surface area contributed by atoms with Crippen LogP contribution in [0.25, 0.3) is 6.08 Å². The third-order valence-corrected chi connectivity index (χ3v) is 5.54. The van der Waals surface area contributed by atoms with Gasteiger partial charge in [0.15, 0.2) is 0 Å². The zero-order chi connectivity index (χ0) is 21.1. The van der Waals surface area contributed by atoms with Gasteiger partial charge in [-0.15, -0.1) is 0 Å². The summed E-state index contributed by atoms with van der Waals surface area (Å²) < 4.78 is 7.44. The van der Waals surface area contributed by atoms with E-state index in [1.54, 1.807) is 11.0 Å². The Labute approximate surface area is 192 Å². The lowest BCUT2D eigenvalue weighted by Crippen LogP contribution is -2.32. The Morgan fingerprint density at radius 2 is 1.70 bits per heavy atom. The predicted molar refractivity (Wildman–Crippen MR) is 128 cm³/mol. The van der Waals surface area contributed by atoms with Gasteiger partial charge in [-0.05, 0) is 67.1 Å². The summed E-state index contributed by atoms with van der Waals surface area (Å²) in [5.41, 5.74) is 2.89. The molecule has 0 bridgehead atoms. The lowest BCUT2D eigenvalue weighted by atomic mass is 10.1. The minimum Gasteiger partial charge on any atom is -0.494 e. The number of anilines is 1. The van der Waals surface area contributed by atoms with Crippen molar-refractivity contribution in [1.29, 1.82) is 0 Å². The van der Waals surface area contributed by atoms with Crippen molar-refractivity contribution in [1.82, 2.24) is 0 Å². The van der Waals surface area contributed by atoms with E-state index in [9.17, 15) is 4.79 Å². The van der Waals surface area contributed by atoms with Crippen LogP contribution in [0, 0.1) is 0 Å². The first-order chi connectivity index (χ1) is 14.5. The molecule has 0 fully saturated rings. The Bertz CT molecular complexity index is 1140. The predicted octanol–water partition coefficient (Wildman–Crippen LogP) is 6.44. The standard InChI is InChI=1S/C24H18Br2N2O2/c1-2-30-21-12-10-20(11-13-21)28-23(17-6-8-18(25)9-7-17)27-22(24(28)29)15-16-4-3-5-19(26)14-16/h3-15H,2H2,1H3/b22-15+. The molecule has 0 unspecified atom stereocenters. The van der Waals surface area contributed by atoms with Crippen molar-refractivity contribution in [2.75, 3.05) is 11.5 Å². The average molecular weight is 526 g/mol. The number of amidine groups is 1. The van der Waals surface area contributed by atoms with E-state index in [1.807, 2.05) is 79.7 Å². The lowest BCUT2D eigenvalue weighted by molar-refractivity contribution is -0.113. The van der Waals surface area contributed by atoms with Gasteiger partial charge in [0.1, 0.15) is 17.3 Å². The molecule has 1 aliphatic heterocycles. The lowest BCUT2D eigenvalue weighted by Gasteiger charge is -2.19. The van der Waals surface area contributed by atoms with Gasteiger partial charge in [-0.2, -0.15) is 0 Å². The van der Waals surface area contributed by atoms with E-state index in [0.717, 1.165) is 31.5 Å². The molecule has 4 nitrogen and oxygen atoms in total. The number of amides is 1. The highest BCUT2D eigenvalue weighted by atomic mass is 79.9. The fourth-order valence-corrected chi connectivity index (χ4v) is 3.84. The van der Waals surface area contributed by atoms with E-state index >= 15 is 0 Å². The van der Waals surface area contributed by atoms with Crippen molar-refractivity contribution in [2.45, 2.75) is 6.92 Å². The molecule has 30 heavy (non-hydrogen) atoms. The Morgan fingerprint density at radius 1 is 0.967 bits per heavy atom. The molecule has 0 spiro atoms. The zero-order valence-corrected chi connectivity index (χ0v) is 19.4. The largest absolute Gasteiger partial charge is 0.494 e. The molecule has 3 aromatic rings. The number of hydrogen-bond donors (Lipinski definition) is 0. The van der Waals surface area contributed by atoms with Gasteiger partial charge < -0.3 is 4.74 Å². The topological polar surface area (TPSA) is 41.9 Å². The van der Waals surface area contributed by atoms with Crippen molar-refractivity contribution in [3.8, 4) is 5.75 Å². The second kappa shape index (κ2) is 8.98. The van der Waals surface area contributed by atoms with Crippen LogP contribution in [0.1, 0.15) is 18.1 Å². The van der Waals surface area contributed by atoms with Gasteiger partial charge in [0.05, 0.1) is 12.3 Å². The molecule has 150 valence electrons. The normalized spacial score (nSPS) is 14.9. The highest BCUT2D eigenvalue weighted by molar-refractivity contribution is 9.10. The molecule has 1 aliphatic rings. The maximum Gasteiger partial charge on any atom is 0.282 e. The van der Waals surface area contributed by atoms with E-state index in [0.29, 0.717) is 18.1 Å². The van der Waals surface area contributed by atoms with Crippen LogP contribution in [0.3, 0.4) is 0 Å². The Hall–Kier alpha value is -2.70. The third kappa shape index (κ3) is 4.40. The number of carbonyl (C=O) groups excluding carboxylic acids is 1. The van der Waals surface area contributed by atoms with Crippen molar-refractivity contribution >= 4 is 55.4 Å². The van der Waals surface area contributed by atoms with E-state index in [2.05, 4.69) is 31.9 Å². The molecule has 0 radical (unpaired) electrons. The summed E-state index contributed by atoms with van der Waals surface area (Å²) in [4.78, 5) is 19.7. The van der Waals surface area contributed by atoms with Gasteiger partial charge in [-0.3, -0.25) is 9.69 Å². The summed E-state index contributed by atoms with van der Waals surface area (Å²) in [6.07, 6.45) is 1.81. The summed E-state index contributed by atoms with van der Waals surface area (Å²) in [6, 6.07) is 23.0. The molecule has 0 aromatic heterocycles. The molecule has 1 amide bonds. The molecule has 0 atom stereocenters. The highest BCUT2D eigenvalue weighted by Gasteiger charge is 2.32. The van der Waals surface area contributed by atoms with E-state index in [-0.39, 0.29) is 5.91 Å². The molecule has 1 heterocycles. The molecule has 4 rings (SSSR count). The monoisotopic (exact) mass is 524 g/mol. The first-order valence-electron chi connectivity index (χ1n) is 9.44. The van der Waals surface area contributed by atoms with E-state index in [4.69, 9.17) is 9.73 Å². The minimum atomic E-state index is -0.169. The SMILES string of the molecule is CCOc1ccc(N2C(=O)/C(=C\c3cccc(Br)c3)N=C2c2ccc(Br)cc2)cc1. The molecule has 0 aliphatic carbocycles. The quantitative estimate of drug-likeness (QED) is 0.359. The second-order valence-corrected chi connectivity index (χ2v) is 8.43. The van der Waals surface area contributed by atoms with Crippen molar-refractivity contribution in [2.24, 2.45) is 4.99 Å². The van der Waals surface area contributed by atoms with Gasteiger partial charge in [0.25, 0.3) is 5.91 Å². The van der Waals surface area contributed by atoms with Crippen LogP contribution in [0.15, 0.2) is 92.4 Å². The fraction of sp³-hybridized carbons (Fsp3) is 0.0833. The first-order valence-corrected chi connectivity index (χ1v) is 11.0. The van der Waals surface area contributed by atoms with Crippen LogP contribution >= 0.6 is 31.9 Å². The van der Waals surface area contributed by atoms with Crippen LogP contribution in [-0.2, 0) is 4.79 Å². The van der Waals surface area contributed by atoms with Crippen LogP contribution in [-0.4, -0.2) is 18.3 Å². The van der Waals surface area contributed by atoms with E-state index < -0.39 is 0 Å². The summed E-state index contributed by atoms with van der Waals surface area (Å²) in [5.74, 6) is 1.19. The fourth-order valence-electron chi connectivity index (χ4n) is 3.16. The summed E-state index contributed by atoms with van der Waals surface area (Å²) >= 11 is 6.93. The number of halogens is 2. The van der Waals surface area contributed by atoms with Crippen LogP contribution < -0.4 is 9.64 Å². The highest BCUT2D eigenvalue weighted by Crippen LogP contribution is 2.30. The van der Waals surface area contributed by atoms with E-state index in [1.165, 1.54) is 0 Å². The molecule has 0 saturated carbocycles. The molecule has 0 saturated heterocycles. The van der Waals surface area contributed by atoms with Gasteiger partial charge in [-0.1, -0.05) is 56.1 Å². The van der Waals surface area contributed by atoms with Crippen molar-refractivity contribution in [3.05, 3.63) is 98.6 Å². The minimum absolute atomic E-state index is 0.169. The summed E-state index contributed by atoms with van der Waals surface area (Å²) in [5, 5.41) is 0. The first kappa shape index (κ1) is 20.6. The maximum absolute atomic E-state index is 13.3. The Morgan fingerprint density at radius 3 is 2.37 bits per heavy atom. The molecule has 6 heteroatoms. The number of ether oxygens (including phenoxy) is 1. The molecular weight excluding hydrogens is 508 g/mol. The zero-order valence-electron chi connectivity index (χ0n) is 16.2. The second-order valence-electron chi connectivity index (χ2n) is 6.59. The van der Waals surface area contributed by atoms with Crippen LogP contribution in [0.2, 0.25) is 0 Å². The van der Waals surface area contributed by atoms with Crippen LogP contribution in [0.5, 0.6) is 5.75 Å². The van der Waals surface area contributed by atoms with Gasteiger partial charge in [0, 0.05) is 14.5 Å². The summed E-state index contributed by atoms with van der Waals surface area (Å²) in [7, 11) is 0. The maximum atomic E-state index is 13.3. The number of nitrogens with zero attached hydrogens (tertiary/aromatic N) is 2. The van der Waals surface area contributed by atoms with Gasteiger partial charge in [0.2, 0.25) is 0 Å². The van der Waals surface area contributed by atoms with Gasteiger partial charge >= 0.3 is 0 Å². The Kier molecular flexibility index (Phi) is 6.16.